The summed E-state index contributed by atoms with van der Waals surface area (Å²) in [7, 11) is 0. The molecule has 5 nitrogen and oxygen atoms in total. The van der Waals surface area contributed by atoms with Gasteiger partial charge in [0.15, 0.2) is 6.61 Å². The van der Waals surface area contributed by atoms with Gasteiger partial charge in [0.1, 0.15) is 17.2 Å². The fourth-order valence-electron chi connectivity index (χ4n) is 3.03. The Morgan fingerprint density at radius 1 is 1.08 bits per heavy atom. The third-order valence-electron chi connectivity index (χ3n) is 4.31. The molecule has 3 aromatic carbocycles. The Bertz CT molecular complexity index is 948. The Hall–Kier alpha value is -3.21. The topological polar surface area (TPSA) is 87.0 Å². The third kappa shape index (κ3) is 4.06. The van der Waals surface area contributed by atoms with Gasteiger partial charge >= 0.3 is 5.97 Å². The monoisotopic (exact) mass is 352 g/mol. The fraction of sp³-hybridized carbons (Fsp3) is 0.190. The number of carboxylic acid groups (broad SMARTS) is 1. The highest BCUT2D eigenvalue weighted by atomic mass is 16.5. The molecule has 0 heterocycles. The molecule has 0 aliphatic heterocycles. The maximum Gasteiger partial charge on any atom is 0.341 e. The maximum absolute atomic E-state index is 10.6. The van der Waals surface area contributed by atoms with Gasteiger partial charge in [-0.1, -0.05) is 31.2 Å². The summed E-state index contributed by atoms with van der Waals surface area (Å²) >= 11 is 0. The number of hydrogen-bond donors (Lipinski definition) is 3. The fourth-order valence-corrected chi connectivity index (χ4v) is 3.03. The van der Waals surface area contributed by atoms with Crippen molar-refractivity contribution in [1.29, 1.82) is 0 Å². The van der Waals surface area contributed by atoms with Crippen molar-refractivity contribution >= 4 is 16.7 Å². The van der Waals surface area contributed by atoms with Gasteiger partial charge in [-0.15, -0.1) is 0 Å². The molecule has 0 aromatic heterocycles. The molecule has 3 N–H and O–H groups in total. The zero-order valence-electron chi connectivity index (χ0n) is 14.3. The number of ether oxygens (including phenoxy) is 1. The summed E-state index contributed by atoms with van der Waals surface area (Å²) in [6.45, 7) is 1.69. The number of phenolic OH excluding ortho intramolecular Hbond substituents is 2. The molecule has 1 unspecified atom stereocenters. The molecule has 3 rings (SSSR count). The van der Waals surface area contributed by atoms with Gasteiger partial charge in [-0.3, -0.25) is 0 Å². The third-order valence-corrected chi connectivity index (χ3v) is 4.31. The summed E-state index contributed by atoms with van der Waals surface area (Å²) in [5.74, 6) is -0.0849. The van der Waals surface area contributed by atoms with Gasteiger partial charge in [0, 0.05) is 5.39 Å². The van der Waals surface area contributed by atoms with Crippen LogP contribution in [0.2, 0.25) is 0 Å². The molecule has 0 aliphatic rings. The molecule has 0 bridgehead atoms. The number of aromatic hydroxyl groups is 2. The quantitative estimate of drug-likeness (QED) is 0.623. The number of phenols is 2. The molecule has 0 spiro atoms. The summed E-state index contributed by atoms with van der Waals surface area (Å²) in [5.41, 5.74) is 2.00. The highest BCUT2D eigenvalue weighted by Crippen LogP contribution is 2.32. The van der Waals surface area contributed by atoms with Crippen LogP contribution in [0.15, 0.2) is 54.6 Å². The van der Waals surface area contributed by atoms with Crippen LogP contribution in [-0.2, 0) is 11.2 Å². The van der Waals surface area contributed by atoms with Crippen molar-refractivity contribution in [3.05, 3.63) is 65.7 Å². The number of benzene rings is 3. The number of hydrogen-bond acceptors (Lipinski definition) is 4. The molecule has 0 aliphatic carbocycles. The van der Waals surface area contributed by atoms with Crippen LogP contribution in [0.5, 0.6) is 17.2 Å². The van der Waals surface area contributed by atoms with Gasteiger partial charge in [0.25, 0.3) is 0 Å². The van der Waals surface area contributed by atoms with E-state index < -0.39 is 5.97 Å². The van der Waals surface area contributed by atoms with Gasteiger partial charge in [-0.25, -0.2) is 4.79 Å². The van der Waals surface area contributed by atoms with Gasteiger partial charge in [-0.2, -0.15) is 0 Å². The van der Waals surface area contributed by atoms with Crippen molar-refractivity contribution in [3.8, 4) is 17.2 Å². The summed E-state index contributed by atoms with van der Waals surface area (Å²) in [6.07, 6.45) is 0.701. The normalized spacial score (nSPS) is 12.0. The summed E-state index contributed by atoms with van der Waals surface area (Å²) in [5, 5.41) is 30.0. The number of rotatable bonds is 6. The van der Waals surface area contributed by atoms with Crippen LogP contribution in [0.1, 0.15) is 24.0 Å². The van der Waals surface area contributed by atoms with E-state index in [4.69, 9.17) is 9.84 Å². The lowest BCUT2D eigenvalue weighted by atomic mass is 9.92. The predicted molar refractivity (Wildman–Crippen MR) is 99.0 cm³/mol. The zero-order valence-corrected chi connectivity index (χ0v) is 14.3. The molecular weight excluding hydrogens is 332 g/mol. The van der Waals surface area contributed by atoms with E-state index >= 15 is 0 Å². The average molecular weight is 352 g/mol. The van der Waals surface area contributed by atoms with Crippen LogP contribution in [0.25, 0.3) is 10.8 Å². The van der Waals surface area contributed by atoms with Crippen molar-refractivity contribution in [2.24, 2.45) is 0 Å². The van der Waals surface area contributed by atoms with E-state index in [0.29, 0.717) is 17.6 Å². The second kappa shape index (κ2) is 7.35. The Labute approximate surface area is 151 Å². The van der Waals surface area contributed by atoms with Crippen molar-refractivity contribution in [3.63, 3.8) is 0 Å². The Morgan fingerprint density at radius 3 is 2.65 bits per heavy atom. The van der Waals surface area contributed by atoms with E-state index in [1.807, 2.05) is 24.3 Å². The second-order valence-electron chi connectivity index (χ2n) is 6.38. The molecule has 26 heavy (non-hydrogen) atoms. The minimum absolute atomic E-state index is 0.118. The predicted octanol–water partition coefficient (Wildman–Crippen LogP) is 4.06. The van der Waals surface area contributed by atoms with Gasteiger partial charge in [0.2, 0.25) is 0 Å². The van der Waals surface area contributed by atoms with Crippen LogP contribution in [0.4, 0.5) is 0 Å². The number of carbonyl (C=O) groups is 1. The summed E-state index contributed by atoms with van der Waals surface area (Å²) < 4.78 is 5.23. The van der Waals surface area contributed by atoms with E-state index in [1.54, 1.807) is 30.3 Å². The molecule has 0 amide bonds. The molecule has 5 heteroatoms. The molecular formula is C21H20O5. The van der Waals surface area contributed by atoms with Crippen molar-refractivity contribution in [1.82, 2.24) is 0 Å². The summed E-state index contributed by atoms with van der Waals surface area (Å²) in [4.78, 5) is 10.6. The van der Waals surface area contributed by atoms with E-state index in [-0.39, 0.29) is 24.0 Å². The van der Waals surface area contributed by atoms with Crippen LogP contribution < -0.4 is 4.74 Å². The van der Waals surface area contributed by atoms with Crippen LogP contribution in [-0.4, -0.2) is 27.9 Å². The standard InChI is InChI=1S/C21H20O5/c1-13(15-3-2-4-18(10-15)26-12-21(24)25)7-14-8-16-5-6-17(22)11-19(16)20(23)9-14/h2-6,8-11,13,22-23H,7,12H2,1H3,(H,24,25). The Balaban J connectivity index is 1.80. The van der Waals surface area contributed by atoms with Crippen LogP contribution in [0, 0.1) is 0 Å². The lowest BCUT2D eigenvalue weighted by Gasteiger charge is -2.15. The van der Waals surface area contributed by atoms with E-state index in [0.717, 1.165) is 16.5 Å². The molecule has 0 fully saturated rings. The lowest BCUT2D eigenvalue weighted by Crippen LogP contribution is -2.09. The first kappa shape index (κ1) is 17.6. The van der Waals surface area contributed by atoms with Gasteiger partial charge in [0.05, 0.1) is 0 Å². The molecule has 134 valence electrons. The highest BCUT2D eigenvalue weighted by Gasteiger charge is 2.11. The van der Waals surface area contributed by atoms with E-state index in [1.165, 1.54) is 0 Å². The number of fused-ring (bicyclic) bond motifs is 1. The summed E-state index contributed by atoms with van der Waals surface area (Å²) in [6, 6.07) is 16.0. The molecule has 0 radical (unpaired) electrons. The van der Waals surface area contributed by atoms with Gasteiger partial charge < -0.3 is 20.1 Å². The molecule has 0 saturated heterocycles. The number of aliphatic carboxylic acids is 1. The largest absolute Gasteiger partial charge is 0.508 e. The smallest absolute Gasteiger partial charge is 0.341 e. The number of carboxylic acids is 1. The van der Waals surface area contributed by atoms with E-state index in [9.17, 15) is 15.0 Å². The SMILES string of the molecule is CC(Cc1cc(O)c2cc(O)ccc2c1)c1cccc(OCC(=O)O)c1. The first-order valence-electron chi connectivity index (χ1n) is 8.31. The van der Waals surface area contributed by atoms with Crippen LogP contribution >= 0.6 is 0 Å². The Kier molecular flexibility index (Phi) is 4.98. The first-order valence-corrected chi connectivity index (χ1v) is 8.31. The minimum Gasteiger partial charge on any atom is -0.508 e. The Morgan fingerprint density at radius 2 is 1.88 bits per heavy atom. The average Bonchev–Trinajstić information content (AvgIpc) is 2.61. The van der Waals surface area contributed by atoms with Crippen LogP contribution in [0.3, 0.4) is 0 Å². The molecule has 1 atom stereocenters. The lowest BCUT2D eigenvalue weighted by molar-refractivity contribution is -0.139. The maximum atomic E-state index is 10.6. The minimum atomic E-state index is -1.01. The van der Waals surface area contributed by atoms with Gasteiger partial charge in [-0.05, 0) is 59.2 Å². The van der Waals surface area contributed by atoms with Crippen molar-refractivity contribution in [2.45, 2.75) is 19.3 Å². The van der Waals surface area contributed by atoms with Crippen molar-refractivity contribution in [2.75, 3.05) is 6.61 Å². The second-order valence-corrected chi connectivity index (χ2v) is 6.38. The van der Waals surface area contributed by atoms with Crippen molar-refractivity contribution < 1.29 is 24.9 Å². The molecule has 3 aromatic rings. The van der Waals surface area contributed by atoms with E-state index in [2.05, 4.69) is 6.92 Å². The highest BCUT2D eigenvalue weighted by molar-refractivity contribution is 5.89. The molecule has 0 saturated carbocycles. The zero-order chi connectivity index (χ0) is 18.7. The first-order chi connectivity index (χ1) is 12.4.